The van der Waals surface area contributed by atoms with Gasteiger partial charge in [0, 0.05) is 11.5 Å². The van der Waals surface area contributed by atoms with E-state index in [-0.39, 0.29) is 12.6 Å². The number of nitrogens with two attached hydrogens (primary N) is 1. The number of anilines is 2. The van der Waals surface area contributed by atoms with Crippen molar-refractivity contribution in [2.24, 2.45) is 5.92 Å². The van der Waals surface area contributed by atoms with Gasteiger partial charge in [0.15, 0.2) is 0 Å². The van der Waals surface area contributed by atoms with E-state index in [1.54, 1.807) is 0 Å². The van der Waals surface area contributed by atoms with Gasteiger partial charge in [0.2, 0.25) is 0 Å². The number of nitrogens with zero attached hydrogens (tertiary/aromatic N) is 2. The van der Waals surface area contributed by atoms with Crippen LogP contribution in [-0.4, -0.2) is 27.7 Å². The summed E-state index contributed by atoms with van der Waals surface area (Å²) < 4.78 is 0. The van der Waals surface area contributed by atoms with Gasteiger partial charge in [-0.1, -0.05) is 13.8 Å². The normalized spacial score (nSPS) is 16.9. The van der Waals surface area contributed by atoms with Crippen molar-refractivity contribution in [1.82, 2.24) is 9.97 Å². The summed E-state index contributed by atoms with van der Waals surface area (Å²) in [5, 5.41) is 12.7. The molecule has 5 nitrogen and oxygen atoms in total. The molecule has 1 aliphatic carbocycles. The van der Waals surface area contributed by atoms with Crippen LogP contribution in [0.25, 0.3) is 0 Å². The molecule has 0 aliphatic heterocycles. The van der Waals surface area contributed by atoms with Crippen molar-refractivity contribution in [3.05, 3.63) is 11.4 Å². The molecular weight excluding hydrogens is 228 g/mol. The Bertz CT molecular complexity index is 429. The summed E-state index contributed by atoms with van der Waals surface area (Å²) in [6, 6.07) is -0.00921. The van der Waals surface area contributed by atoms with E-state index in [0.29, 0.717) is 17.7 Å². The molecule has 0 amide bonds. The van der Waals surface area contributed by atoms with E-state index in [2.05, 4.69) is 29.1 Å². The predicted molar refractivity (Wildman–Crippen MR) is 72.5 cm³/mol. The van der Waals surface area contributed by atoms with Gasteiger partial charge in [0.05, 0.1) is 12.6 Å². The molecule has 1 aromatic heterocycles. The SMILES string of the molecule is Cc1c(N)nc(C2CC2)nc1N[C@H](CO)C(C)C. The van der Waals surface area contributed by atoms with Crippen molar-refractivity contribution in [1.29, 1.82) is 0 Å². The van der Waals surface area contributed by atoms with E-state index < -0.39 is 0 Å². The molecule has 100 valence electrons. The van der Waals surface area contributed by atoms with Crippen molar-refractivity contribution >= 4 is 11.6 Å². The fourth-order valence-electron chi connectivity index (χ4n) is 1.82. The lowest BCUT2D eigenvalue weighted by Gasteiger charge is -2.22. The summed E-state index contributed by atoms with van der Waals surface area (Å²) in [5.41, 5.74) is 6.79. The number of aliphatic hydroxyl groups is 1. The molecule has 2 rings (SSSR count). The van der Waals surface area contributed by atoms with Gasteiger partial charge >= 0.3 is 0 Å². The molecule has 1 heterocycles. The molecule has 1 saturated carbocycles. The molecule has 0 radical (unpaired) electrons. The minimum atomic E-state index is -0.00921. The third-order valence-electron chi connectivity index (χ3n) is 3.47. The van der Waals surface area contributed by atoms with Crippen LogP contribution in [0.3, 0.4) is 0 Å². The smallest absolute Gasteiger partial charge is 0.136 e. The summed E-state index contributed by atoms with van der Waals surface area (Å²) in [6.45, 7) is 6.12. The maximum absolute atomic E-state index is 9.37. The van der Waals surface area contributed by atoms with E-state index >= 15 is 0 Å². The van der Waals surface area contributed by atoms with Crippen LogP contribution in [0.1, 0.15) is 44.0 Å². The van der Waals surface area contributed by atoms with Crippen LogP contribution in [0.4, 0.5) is 11.6 Å². The average Bonchev–Trinajstić information content (AvgIpc) is 3.14. The van der Waals surface area contributed by atoms with Crippen molar-refractivity contribution in [3.8, 4) is 0 Å². The van der Waals surface area contributed by atoms with Crippen LogP contribution in [0.5, 0.6) is 0 Å². The Morgan fingerprint density at radius 3 is 2.56 bits per heavy atom. The van der Waals surface area contributed by atoms with Crippen LogP contribution in [0.2, 0.25) is 0 Å². The van der Waals surface area contributed by atoms with Crippen LogP contribution in [0.15, 0.2) is 0 Å². The minimum Gasteiger partial charge on any atom is -0.394 e. The second kappa shape index (κ2) is 5.10. The Morgan fingerprint density at radius 1 is 1.39 bits per heavy atom. The standard InChI is InChI=1S/C13H22N4O/c1-7(2)10(6-18)15-12-8(3)11(14)16-13(17-12)9-4-5-9/h7,9-10,18H,4-6H2,1-3H3,(H3,14,15,16,17)/t10-/m1/s1. The number of hydrogen-bond donors (Lipinski definition) is 3. The Hall–Kier alpha value is -1.36. The highest BCUT2D eigenvalue weighted by molar-refractivity contribution is 5.55. The van der Waals surface area contributed by atoms with Gasteiger partial charge in [0.25, 0.3) is 0 Å². The zero-order chi connectivity index (χ0) is 13.3. The molecule has 4 N–H and O–H groups in total. The largest absolute Gasteiger partial charge is 0.394 e. The van der Waals surface area contributed by atoms with Gasteiger partial charge in [-0.25, -0.2) is 9.97 Å². The van der Waals surface area contributed by atoms with Gasteiger partial charge in [-0.05, 0) is 25.7 Å². The van der Waals surface area contributed by atoms with Gasteiger partial charge in [-0.15, -0.1) is 0 Å². The summed E-state index contributed by atoms with van der Waals surface area (Å²) in [5.74, 6) is 2.93. The molecule has 5 heteroatoms. The molecule has 0 bridgehead atoms. The molecule has 0 aromatic carbocycles. The van der Waals surface area contributed by atoms with E-state index in [1.807, 2.05) is 6.92 Å². The average molecular weight is 250 g/mol. The van der Waals surface area contributed by atoms with E-state index in [1.165, 1.54) is 0 Å². The fraction of sp³-hybridized carbons (Fsp3) is 0.692. The Morgan fingerprint density at radius 2 is 2.06 bits per heavy atom. The summed E-state index contributed by atoms with van der Waals surface area (Å²) >= 11 is 0. The molecule has 1 atom stereocenters. The fourth-order valence-corrected chi connectivity index (χ4v) is 1.82. The highest BCUT2D eigenvalue weighted by Crippen LogP contribution is 2.39. The molecule has 18 heavy (non-hydrogen) atoms. The second-order valence-corrected chi connectivity index (χ2v) is 5.39. The number of aliphatic hydroxyl groups excluding tert-OH is 1. The number of nitrogen functional groups attached to an aromatic ring is 1. The molecule has 0 spiro atoms. The molecule has 1 aromatic rings. The van der Waals surface area contributed by atoms with Crippen molar-refractivity contribution in [2.75, 3.05) is 17.7 Å². The minimum absolute atomic E-state index is 0.00921. The Labute approximate surface area is 108 Å². The molecule has 0 unspecified atom stereocenters. The van der Waals surface area contributed by atoms with Crippen molar-refractivity contribution < 1.29 is 5.11 Å². The molecule has 0 saturated heterocycles. The van der Waals surface area contributed by atoms with E-state index in [0.717, 1.165) is 30.0 Å². The number of aromatic nitrogens is 2. The molecular formula is C13H22N4O. The molecule has 1 aliphatic rings. The van der Waals surface area contributed by atoms with E-state index in [4.69, 9.17) is 5.73 Å². The van der Waals surface area contributed by atoms with Crippen molar-refractivity contribution in [3.63, 3.8) is 0 Å². The zero-order valence-corrected chi connectivity index (χ0v) is 11.3. The van der Waals surface area contributed by atoms with Gasteiger partial charge in [-0.2, -0.15) is 0 Å². The first kappa shape index (κ1) is 13.1. The molecule has 1 fully saturated rings. The van der Waals surface area contributed by atoms with Crippen LogP contribution in [0, 0.1) is 12.8 Å². The number of rotatable bonds is 5. The van der Waals surface area contributed by atoms with Crippen LogP contribution >= 0.6 is 0 Å². The lowest BCUT2D eigenvalue weighted by Crippen LogP contribution is -2.30. The lowest BCUT2D eigenvalue weighted by atomic mass is 10.1. The zero-order valence-electron chi connectivity index (χ0n) is 11.3. The quantitative estimate of drug-likeness (QED) is 0.740. The maximum atomic E-state index is 9.37. The summed E-state index contributed by atoms with van der Waals surface area (Å²) in [4.78, 5) is 8.89. The lowest BCUT2D eigenvalue weighted by molar-refractivity contribution is 0.249. The monoisotopic (exact) mass is 250 g/mol. The second-order valence-electron chi connectivity index (χ2n) is 5.39. The third kappa shape index (κ3) is 2.72. The highest BCUT2D eigenvalue weighted by atomic mass is 16.3. The maximum Gasteiger partial charge on any atom is 0.136 e. The van der Waals surface area contributed by atoms with Crippen molar-refractivity contribution in [2.45, 2.75) is 45.6 Å². The number of hydrogen-bond acceptors (Lipinski definition) is 5. The third-order valence-corrected chi connectivity index (χ3v) is 3.47. The summed E-state index contributed by atoms with van der Waals surface area (Å²) in [6.07, 6.45) is 2.30. The predicted octanol–water partition coefficient (Wildman–Crippen LogP) is 1.67. The van der Waals surface area contributed by atoms with Gasteiger partial charge < -0.3 is 16.2 Å². The Kier molecular flexibility index (Phi) is 3.71. The first-order valence-corrected chi connectivity index (χ1v) is 6.54. The topological polar surface area (TPSA) is 84.1 Å². The first-order chi connectivity index (χ1) is 8.52. The van der Waals surface area contributed by atoms with Crippen LogP contribution in [-0.2, 0) is 0 Å². The highest BCUT2D eigenvalue weighted by Gasteiger charge is 2.28. The van der Waals surface area contributed by atoms with Gasteiger partial charge in [-0.3, -0.25) is 0 Å². The number of nitrogens with one attached hydrogen (secondary N) is 1. The Balaban J connectivity index is 2.25. The van der Waals surface area contributed by atoms with Gasteiger partial charge in [0.1, 0.15) is 17.5 Å². The summed E-state index contributed by atoms with van der Waals surface area (Å²) in [7, 11) is 0. The van der Waals surface area contributed by atoms with Crippen LogP contribution < -0.4 is 11.1 Å². The first-order valence-electron chi connectivity index (χ1n) is 6.54. The van der Waals surface area contributed by atoms with E-state index in [9.17, 15) is 5.11 Å².